The summed E-state index contributed by atoms with van der Waals surface area (Å²) in [5, 5.41) is 10.2. The number of aromatic hydroxyl groups is 1. The maximum atomic E-state index is 10.5. The molecule has 0 unspecified atom stereocenters. The van der Waals surface area contributed by atoms with Gasteiger partial charge in [0.25, 0.3) is 0 Å². The summed E-state index contributed by atoms with van der Waals surface area (Å²) in [6.07, 6.45) is 0.731. The zero-order chi connectivity index (χ0) is 9.42. The Hall–Kier alpha value is -1.77. The van der Waals surface area contributed by atoms with Crippen LogP contribution in [0.1, 0.15) is 16.1 Å². The summed E-state index contributed by atoms with van der Waals surface area (Å²) in [5.74, 6) is 0.208. The van der Waals surface area contributed by atoms with Gasteiger partial charge in [0.1, 0.15) is 5.75 Å². The molecule has 0 bridgehead atoms. The average molecular weight is 175 g/mol. The largest absolute Gasteiger partial charge is 0.507 e. The Morgan fingerprint density at radius 3 is 2.85 bits per heavy atom. The second-order valence-corrected chi connectivity index (χ2v) is 3.09. The first kappa shape index (κ1) is 7.86. The quantitative estimate of drug-likeness (QED) is 0.651. The first-order valence-electron chi connectivity index (χ1n) is 3.98. The maximum Gasteiger partial charge on any atom is 0.166 e. The van der Waals surface area contributed by atoms with Crippen LogP contribution in [0.3, 0.4) is 0 Å². The van der Waals surface area contributed by atoms with Gasteiger partial charge in [0.2, 0.25) is 0 Å². The van der Waals surface area contributed by atoms with Crippen LogP contribution in [0.5, 0.6) is 5.75 Å². The molecule has 2 N–H and O–H groups in total. The second kappa shape index (κ2) is 2.62. The number of hydrogen-bond acceptors (Lipinski definition) is 2. The fourth-order valence-corrected chi connectivity index (χ4v) is 1.44. The van der Waals surface area contributed by atoms with Gasteiger partial charge in [0.05, 0.1) is 5.69 Å². The van der Waals surface area contributed by atoms with Crippen LogP contribution in [0.4, 0.5) is 0 Å². The van der Waals surface area contributed by atoms with Crippen molar-refractivity contribution in [3.63, 3.8) is 0 Å². The Balaban J connectivity index is 2.82. The van der Waals surface area contributed by atoms with E-state index in [4.69, 9.17) is 0 Å². The number of aromatic nitrogens is 1. The lowest BCUT2D eigenvalue weighted by Crippen LogP contribution is -1.75. The lowest BCUT2D eigenvalue weighted by molar-refractivity contribution is 0.112. The number of hydrogen-bond donors (Lipinski definition) is 2. The van der Waals surface area contributed by atoms with E-state index in [-0.39, 0.29) is 5.75 Å². The van der Waals surface area contributed by atoms with E-state index in [9.17, 15) is 9.90 Å². The topological polar surface area (TPSA) is 53.1 Å². The Bertz CT molecular complexity index is 471. The van der Waals surface area contributed by atoms with E-state index in [2.05, 4.69) is 4.98 Å². The highest BCUT2D eigenvalue weighted by molar-refractivity contribution is 5.92. The Morgan fingerprint density at radius 2 is 2.15 bits per heavy atom. The molecule has 2 rings (SSSR count). The fraction of sp³-hybridized carbons (Fsp3) is 0.100. The van der Waals surface area contributed by atoms with Gasteiger partial charge < -0.3 is 10.1 Å². The predicted molar refractivity (Wildman–Crippen MR) is 50.1 cm³/mol. The normalized spacial score (nSPS) is 10.5. The van der Waals surface area contributed by atoms with Crippen molar-refractivity contribution in [3.8, 4) is 5.75 Å². The molecule has 0 spiro atoms. The van der Waals surface area contributed by atoms with Crippen molar-refractivity contribution in [2.75, 3.05) is 0 Å². The first-order valence-corrected chi connectivity index (χ1v) is 3.98. The molecule has 1 heterocycles. The van der Waals surface area contributed by atoms with Crippen molar-refractivity contribution in [1.29, 1.82) is 0 Å². The molecule has 1 aromatic heterocycles. The van der Waals surface area contributed by atoms with E-state index < -0.39 is 0 Å². The molecule has 0 saturated carbocycles. The number of nitrogens with one attached hydrogen (secondary N) is 1. The third-order valence-electron chi connectivity index (χ3n) is 2.01. The van der Waals surface area contributed by atoms with Gasteiger partial charge in [-0.3, -0.25) is 4.79 Å². The number of aldehydes is 1. The molecule has 0 aliphatic carbocycles. The van der Waals surface area contributed by atoms with Crippen LogP contribution < -0.4 is 0 Å². The first-order chi connectivity index (χ1) is 6.20. The number of fused-ring (bicyclic) bond motifs is 1. The highest BCUT2D eigenvalue weighted by atomic mass is 16.3. The summed E-state index contributed by atoms with van der Waals surface area (Å²) in [7, 11) is 0. The lowest BCUT2D eigenvalue weighted by atomic mass is 10.1. The number of phenols is 1. The van der Waals surface area contributed by atoms with Crippen LogP contribution >= 0.6 is 0 Å². The smallest absolute Gasteiger partial charge is 0.166 e. The summed E-state index contributed by atoms with van der Waals surface area (Å²) >= 11 is 0. The minimum Gasteiger partial charge on any atom is -0.507 e. The monoisotopic (exact) mass is 175 g/mol. The number of rotatable bonds is 1. The fourth-order valence-electron chi connectivity index (χ4n) is 1.44. The van der Waals surface area contributed by atoms with E-state index in [1.165, 1.54) is 0 Å². The summed E-state index contributed by atoms with van der Waals surface area (Å²) < 4.78 is 0. The van der Waals surface area contributed by atoms with Gasteiger partial charge in [0, 0.05) is 10.9 Å². The van der Waals surface area contributed by atoms with Crippen LogP contribution in [-0.2, 0) is 0 Å². The molecule has 0 amide bonds. The second-order valence-electron chi connectivity index (χ2n) is 3.09. The van der Waals surface area contributed by atoms with Crippen molar-refractivity contribution >= 4 is 17.2 Å². The molecule has 1 aromatic carbocycles. The van der Waals surface area contributed by atoms with E-state index in [1.54, 1.807) is 12.1 Å². The van der Waals surface area contributed by atoms with Crippen molar-refractivity contribution in [2.45, 2.75) is 6.92 Å². The van der Waals surface area contributed by atoms with E-state index in [0.717, 1.165) is 17.4 Å². The third-order valence-corrected chi connectivity index (χ3v) is 2.01. The summed E-state index contributed by atoms with van der Waals surface area (Å²) in [5.41, 5.74) is 2.24. The van der Waals surface area contributed by atoms with Crippen molar-refractivity contribution in [2.24, 2.45) is 0 Å². The summed E-state index contributed by atoms with van der Waals surface area (Å²) in [6, 6.07) is 5.20. The van der Waals surface area contributed by atoms with Gasteiger partial charge >= 0.3 is 0 Å². The molecular formula is C10H9NO2. The number of H-pyrrole nitrogens is 1. The van der Waals surface area contributed by atoms with Gasteiger partial charge in [-0.2, -0.15) is 0 Å². The molecule has 0 fully saturated rings. The number of aryl methyl sites for hydroxylation is 1. The minimum atomic E-state index is 0.208. The highest BCUT2D eigenvalue weighted by Crippen LogP contribution is 2.26. The molecule has 0 aliphatic rings. The average Bonchev–Trinajstić information content (AvgIpc) is 2.47. The number of aromatic amines is 1. The summed E-state index contributed by atoms with van der Waals surface area (Å²) in [4.78, 5) is 13.4. The standard InChI is InChI=1S/C10H9NO2/c1-6-2-9-8(10(13)3-6)4-7(5-12)11-9/h2-5,11,13H,1H3. The van der Waals surface area contributed by atoms with Crippen LogP contribution in [0.15, 0.2) is 18.2 Å². The minimum absolute atomic E-state index is 0.208. The molecule has 2 aromatic rings. The Kier molecular flexibility index (Phi) is 1.59. The summed E-state index contributed by atoms with van der Waals surface area (Å²) in [6.45, 7) is 1.89. The molecule has 3 heteroatoms. The van der Waals surface area contributed by atoms with Gasteiger partial charge in [-0.1, -0.05) is 0 Å². The van der Waals surface area contributed by atoms with Crippen LogP contribution in [0.25, 0.3) is 10.9 Å². The molecule has 0 radical (unpaired) electrons. The van der Waals surface area contributed by atoms with Gasteiger partial charge in [-0.15, -0.1) is 0 Å². The van der Waals surface area contributed by atoms with E-state index in [1.807, 2.05) is 13.0 Å². The Morgan fingerprint density at radius 1 is 1.38 bits per heavy atom. The molecule has 0 saturated heterocycles. The highest BCUT2D eigenvalue weighted by Gasteiger charge is 2.04. The molecule has 0 atom stereocenters. The maximum absolute atomic E-state index is 10.5. The van der Waals surface area contributed by atoms with Crippen LogP contribution in [0.2, 0.25) is 0 Å². The van der Waals surface area contributed by atoms with Gasteiger partial charge in [0.15, 0.2) is 6.29 Å². The molecule has 3 nitrogen and oxygen atoms in total. The number of carbonyl (C=O) groups is 1. The molecular weight excluding hydrogens is 166 g/mol. The van der Waals surface area contributed by atoms with E-state index in [0.29, 0.717) is 11.1 Å². The number of benzene rings is 1. The molecule has 0 aliphatic heterocycles. The number of carbonyl (C=O) groups excluding carboxylic acids is 1. The van der Waals surface area contributed by atoms with Gasteiger partial charge in [-0.25, -0.2) is 0 Å². The van der Waals surface area contributed by atoms with Crippen LogP contribution in [-0.4, -0.2) is 16.4 Å². The third kappa shape index (κ3) is 1.18. The lowest BCUT2D eigenvalue weighted by Gasteiger charge is -1.96. The van der Waals surface area contributed by atoms with Gasteiger partial charge in [-0.05, 0) is 30.7 Å². The van der Waals surface area contributed by atoms with Crippen molar-refractivity contribution in [1.82, 2.24) is 4.98 Å². The van der Waals surface area contributed by atoms with E-state index >= 15 is 0 Å². The number of phenolic OH excluding ortho intramolecular Hbond substituents is 1. The Labute approximate surface area is 75.0 Å². The van der Waals surface area contributed by atoms with Crippen LogP contribution in [0, 0.1) is 6.92 Å². The molecule has 13 heavy (non-hydrogen) atoms. The zero-order valence-electron chi connectivity index (χ0n) is 7.16. The van der Waals surface area contributed by atoms with Crippen molar-refractivity contribution < 1.29 is 9.90 Å². The van der Waals surface area contributed by atoms with Crippen molar-refractivity contribution in [3.05, 3.63) is 29.5 Å². The zero-order valence-corrected chi connectivity index (χ0v) is 7.16. The SMILES string of the molecule is Cc1cc(O)c2cc(C=O)[nH]c2c1. The predicted octanol–water partition coefficient (Wildman–Crippen LogP) is 1.99. The molecule has 66 valence electrons.